The molecule has 0 radical (unpaired) electrons. The number of carboxylic acids is 1. The Balaban J connectivity index is 1.52. The second-order valence-electron chi connectivity index (χ2n) is 6.83. The van der Waals surface area contributed by atoms with E-state index in [0.717, 1.165) is 5.39 Å². The first-order valence-electron chi connectivity index (χ1n) is 9.34. The Bertz CT molecular complexity index is 1420. The first-order valence-corrected chi connectivity index (χ1v) is 10.2. The Hall–Kier alpha value is -3.91. The average molecular weight is 433 g/mol. The molecule has 0 bridgehead atoms. The number of oxazole rings is 1. The van der Waals surface area contributed by atoms with Crippen LogP contribution in [-0.4, -0.2) is 29.0 Å². The summed E-state index contributed by atoms with van der Waals surface area (Å²) in [5.74, 6) is -0.612. The number of carbonyl (C=O) groups is 2. The van der Waals surface area contributed by atoms with Crippen molar-refractivity contribution in [1.82, 2.24) is 4.98 Å². The number of aromatic carboxylic acids is 1. The van der Waals surface area contributed by atoms with Gasteiger partial charge in [0.05, 0.1) is 19.1 Å². The van der Waals surface area contributed by atoms with Crippen molar-refractivity contribution in [3.63, 3.8) is 0 Å². The maximum absolute atomic E-state index is 12.7. The molecule has 31 heavy (non-hydrogen) atoms. The zero-order chi connectivity index (χ0) is 21.5. The second kappa shape index (κ2) is 7.41. The lowest BCUT2D eigenvalue weighted by molar-refractivity contribution is 0.0697. The lowest BCUT2D eigenvalue weighted by Crippen LogP contribution is -2.07. The molecule has 7 nitrogen and oxygen atoms in total. The minimum Gasteiger partial charge on any atom is -0.493 e. The predicted molar refractivity (Wildman–Crippen MR) is 115 cm³/mol. The minimum absolute atomic E-state index is 0.0347. The first-order chi connectivity index (χ1) is 15.0. The van der Waals surface area contributed by atoms with Crippen LogP contribution in [-0.2, 0) is 6.42 Å². The van der Waals surface area contributed by atoms with Crippen LogP contribution in [0.1, 0.15) is 25.9 Å². The number of nitrogens with zero attached hydrogens (tertiary/aromatic N) is 1. The topological polar surface area (TPSA) is 103 Å². The standard InChI is InChI=1S/C23H15NO6S/c1-28-17-8-4-5-12-9-18(29-21(12)17)13-11-31-19(20(13)23(26)27)10-15(25)22-24-14-6-2-3-7-16(14)30-22/h2-9,11H,10H2,1H3,(H,26,27). The number of carboxylic acid groups (broad SMARTS) is 1. The van der Waals surface area contributed by atoms with E-state index in [1.807, 2.05) is 12.1 Å². The van der Waals surface area contributed by atoms with Gasteiger partial charge in [-0.25, -0.2) is 9.78 Å². The number of benzene rings is 2. The zero-order valence-corrected chi connectivity index (χ0v) is 17.1. The molecule has 0 saturated heterocycles. The maximum atomic E-state index is 12.7. The summed E-state index contributed by atoms with van der Waals surface area (Å²) in [6, 6.07) is 14.3. The Morgan fingerprint density at radius 1 is 1.13 bits per heavy atom. The van der Waals surface area contributed by atoms with Crippen LogP contribution < -0.4 is 4.74 Å². The third-order valence-corrected chi connectivity index (χ3v) is 5.91. The van der Waals surface area contributed by atoms with Gasteiger partial charge in [0.1, 0.15) is 11.3 Å². The van der Waals surface area contributed by atoms with Crippen molar-refractivity contribution in [3.8, 4) is 17.1 Å². The van der Waals surface area contributed by atoms with E-state index in [1.54, 1.807) is 48.9 Å². The summed E-state index contributed by atoms with van der Waals surface area (Å²) in [5.41, 5.74) is 2.06. The Kier molecular flexibility index (Phi) is 4.56. The molecule has 5 aromatic rings. The number of furan rings is 1. The minimum atomic E-state index is -1.14. The van der Waals surface area contributed by atoms with Crippen LogP contribution in [0.3, 0.4) is 0 Å². The number of carbonyl (C=O) groups excluding carboxylic acids is 1. The van der Waals surface area contributed by atoms with Gasteiger partial charge >= 0.3 is 5.97 Å². The van der Waals surface area contributed by atoms with E-state index in [4.69, 9.17) is 13.6 Å². The number of aromatic nitrogens is 1. The van der Waals surface area contributed by atoms with Gasteiger partial charge in [0.2, 0.25) is 5.78 Å². The molecular weight excluding hydrogens is 418 g/mol. The van der Waals surface area contributed by atoms with E-state index >= 15 is 0 Å². The molecule has 5 rings (SSSR count). The van der Waals surface area contributed by atoms with Gasteiger partial charge < -0.3 is 18.7 Å². The van der Waals surface area contributed by atoms with Crippen LogP contribution in [0.4, 0.5) is 0 Å². The molecule has 0 fully saturated rings. The van der Waals surface area contributed by atoms with Crippen molar-refractivity contribution in [2.45, 2.75) is 6.42 Å². The molecule has 3 aromatic heterocycles. The highest BCUT2D eigenvalue weighted by atomic mass is 32.1. The summed E-state index contributed by atoms with van der Waals surface area (Å²) >= 11 is 1.19. The van der Waals surface area contributed by atoms with Gasteiger partial charge in [0, 0.05) is 21.2 Å². The van der Waals surface area contributed by atoms with Crippen molar-refractivity contribution in [2.24, 2.45) is 0 Å². The molecule has 0 unspecified atom stereocenters. The monoisotopic (exact) mass is 433 g/mol. The second-order valence-corrected chi connectivity index (χ2v) is 7.79. The van der Waals surface area contributed by atoms with Crippen LogP contribution in [0.15, 0.2) is 62.7 Å². The maximum Gasteiger partial charge on any atom is 0.337 e. The summed E-state index contributed by atoms with van der Waals surface area (Å²) in [6.45, 7) is 0. The fourth-order valence-electron chi connectivity index (χ4n) is 3.49. The summed E-state index contributed by atoms with van der Waals surface area (Å²) in [4.78, 5) is 29.4. The molecule has 8 heteroatoms. The molecular formula is C23H15NO6S. The average Bonchev–Trinajstić information content (AvgIpc) is 3.48. The molecule has 0 aliphatic carbocycles. The number of methoxy groups -OCH3 is 1. The van der Waals surface area contributed by atoms with Crippen molar-refractivity contribution < 1.29 is 28.3 Å². The normalized spacial score (nSPS) is 11.3. The molecule has 3 heterocycles. The highest BCUT2D eigenvalue weighted by Crippen LogP contribution is 2.38. The van der Waals surface area contributed by atoms with Gasteiger partial charge in [-0.3, -0.25) is 4.79 Å². The largest absolute Gasteiger partial charge is 0.493 e. The molecule has 0 amide bonds. The molecule has 0 aliphatic rings. The van der Waals surface area contributed by atoms with Crippen molar-refractivity contribution in [3.05, 3.63) is 70.2 Å². The van der Waals surface area contributed by atoms with E-state index in [2.05, 4.69) is 4.98 Å². The van der Waals surface area contributed by atoms with Crippen LogP contribution in [0.25, 0.3) is 33.4 Å². The van der Waals surface area contributed by atoms with E-state index in [0.29, 0.717) is 38.6 Å². The van der Waals surface area contributed by atoms with Crippen molar-refractivity contribution in [1.29, 1.82) is 0 Å². The predicted octanol–water partition coefficient (Wildman–Crippen LogP) is 5.43. The lowest BCUT2D eigenvalue weighted by atomic mass is 10.1. The Morgan fingerprint density at radius 2 is 1.97 bits per heavy atom. The number of ether oxygens (including phenoxy) is 1. The van der Waals surface area contributed by atoms with Crippen molar-refractivity contribution >= 4 is 45.2 Å². The van der Waals surface area contributed by atoms with Crippen LogP contribution in [0.2, 0.25) is 0 Å². The van der Waals surface area contributed by atoms with Crippen LogP contribution in [0, 0.1) is 0 Å². The summed E-state index contributed by atoms with van der Waals surface area (Å²) in [7, 11) is 1.54. The number of rotatable bonds is 6. The summed E-state index contributed by atoms with van der Waals surface area (Å²) in [5, 5.41) is 12.3. The number of hydrogen-bond acceptors (Lipinski definition) is 7. The van der Waals surface area contributed by atoms with Crippen LogP contribution >= 0.6 is 11.3 Å². The number of para-hydroxylation sites is 3. The highest BCUT2D eigenvalue weighted by molar-refractivity contribution is 7.11. The smallest absolute Gasteiger partial charge is 0.337 e. The third-order valence-electron chi connectivity index (χ3n) is 4.93. The first kappa shape index (κ1) is 19.1. The lowest BCUT2D eigenvalue weighted by Gasteiger charge is -2.01. The molecule has 1 N–H and O–H groups in total. The number of Topliss-reactive ketones (excluding diaryl/α,β-unsaturated/α-hetero) is 1. The summed E-state index contributed by atoms with van der Waals surface area (Å²) < 4.78 is 16.8. The Morgan fingerprint density at radius 3 is 2.74 bits per heavy atom. The molecule has 0 aliphatic heterocycles. The van der Waals surface area contributed by atoms with Gasteiger partial charge in [-0.15, -0.1) is 11.3 Å². The van der Waals surface area contributed by atoms with E-state index in [1.165, 1.54) is 11.3 Å². The van der Waals surface area contributed by atoms with Gasteiger partial charge in [0.25, 0.3) is 5.89 Å². The molecule has 0 saturated carbocycles. The quantitative estimate of drug-likeness (QED) is 0.356. The fraction of sp³-hybridized carbons (Fsp3) is 0.0870. The van der Waals surface area contributed by atoms with Crippen LogP contribution in [0.5, 0.6) is 5.75 Å². The summed E-state index contributed by atoms with van der Waals surface area (Å²) in [6.07, 6.45) is -0.136. The van der Waals surface area contributed by atoms with Crippen molar-refractivity contribution in [2.75, 3.05) is 7.11 Å². The third kappa shape index (κ3) is 3.27. The number of thiophene rings is 1. The van der Waals surface area contributed by atoms with Gasteiger partial charge in [-0.05, 0) is 24.3 Å². The zero-order valence-electron chi connectivity index (χ0n) is 16.2. The highest BCUT2D eigenvalue weighted by Gasteiger charge is 2.25. The van der Waals surface area contributed by atoms with E-state index < -0.39 is 11.8 Å². The number of ketones is 1. The number of fused-ring (bicyclic) bond motifs is 2. The Labute approximate surface area is 179 Å². The van der Waals surface area contributed by atoms with Gasteiger partial charge in [-0.2, -0.15) is 0 Å². The molecule has 154 valence electrons. The van der Waals surface area contributed by atoms with E-state index in [-0.39, 0.29) is 17.9 Å². The molecule has 0 atom stereocenters. The molecule has 2 aromatic carbocycles. The molecule has 0 spiro atoms. The SMILES string of the molecule is COc1cccc2cc(-c3csc(CC(=O)c4nc5ccccc5o4)c3C(=O)O)oc12. The van der Waals surface area contributed by atoms with Gasteiger partial charge in [-0.1, -0.05) is 24.3 Å². The fourth-order valence-corrected chi connectivity index (χ4v) is 4.51. The van der Waals surface area contributed by atoms with Gasteiger partial charge in [0.15, 0.2) is 16.9 Å². The number of hydrogen-bond donors (Lipinski definition) is 1. The van der Waals surface area contributed by atoms with E-state index in [9.17, 15) is 14.7 Å².